The smallest absolute Gasteiger partial charge is 0.379 e. The minimum absolute atomic E-state index is 0.250. The van der Waals surface area contributed by atoms with Gasteiger partial charge in [-0.2, -0.15) is 13.2 Å². The zero-order chi connectivity index (χ0) is 16.3. The lowest BCUT2D eigenvalue weighted by Gasteiger charge is -2.33. The second-order valence-corrected chi connectivity index (χ2v) is 6.02. The number of halogens is 3. The number of ether oxygens (including phenoxy) is 1. The normalized spacial score (nSPS) is 22.9. The molecule has 0 aromatic heterocycles. The van der Waals surface area contributed by atoms with Crippen molar-refractivity contribution in [1.82, 2.24) is 5.32 Å². The van der Waals surface area contributed by atoms with Gasteiger partial charge in [0.25, 0.3) is 0 Å². The number of morpholine rings is 1. The van der Waals surface area contributed by atoms with E-state index in [0.717, 1.165) is 37.7 Å². The van der Waals surface area contributed by atoms with E-state index < -0.39 is 11.7 Å². The lowest BCUT2D eigenvalue weighted by Crippen LogP contribution is -2.40. The third kappa shape index (κ3) is 4.09. The van der Waals surface area contributed by atoms with E-state index in [2.05, 4.69) is 10.6 Å². The van der Waals surface area contributed by atoms with E-state index in [-0.39, 0.29) is 6.04 Å². The van der Waals surface area contributed by atoms with Crippen LogP contribution in [0, 0.1) is 0 Å². The van der Waals surface area contributed by atoms with E-state index in [0.29, 0.717) is 32.0 Å². The predicted octanol–water partition coefficient (Wildman–Crippen LogP) is 2.71. The Morgan fingerprint density at radius 1 is 1.22 bits per heavy atom. The Bertz CT molecular complexity index is 524. The molecule has 1 atom stereocenters. The van der Waals surface area contributed by atoms with E-state index in [4.69, 9.17) is 4.74 Å². The Morgan fingerprint density at radius 3 is 2.65 bits per heavy atom. The van der Waals surface area contributed by atoms with Gasteiger partial charge >= 0.3 is 6.18 Å². The SMILES string of the molecule is FC(F)(F)c1ccc(N[C@@H]2CCCNC2)c(N2CCOCC2)c1. The van der Waals surface area contributed by atoms with Crippen LogP contribution in [0.25, 0.3) is 0 Å². The molecule has 1 aromatic carbocycles. The molecule has 2 N–H and O–H groups in total. The van der Waals surface area contributed by atoms with Gasteiger partial charge in [0.1, 0.15) is 0 Å². The quantitative estimate of drug-likeness (QED) is 0.894. The van der Waals surface area contributed by atoms with Gasteiger partial charge in [0.2, 0.25) is 0 Å². The van der Waals surface area contributed by atoms with Crippen LogP contribution in [0.2, 0.25) is 0 Å². The van der Waals surface area contributed by atoms with Crippen LogP contribution in [-0.2, 0) is 10.9 Å². The second kappa shape index (κ2) is 6.97. The molecule has 23 heavy (non-hydrogen) atoms. The predicted molar refractivity (Wildman–Crippen MR) is 84.0 cm³/mol. The van der Waals surface area contributed by atoms with Gasteiger partial charge in [0.15, 0.2) is 0 Å². The summed E-state index contributed by atoms with van der Waals surface area (Å²) in [5.74, 6) is 0. The number of hydrogen-bond acceptors (Lipinski definition) is 4. The molecule has 0 aliphatic carbocycles. The first-order valence-corrected chi connectivity index (χ1v) is 8.05. The van der Waals surface area contributed by atoms with Gasteiger partial charge < -0.3 is 20.3 Å². The maximum Gasteiger partial charge on any atom is 0.416 e. The Morgan fingerprint density at radius 2 is 2.00 bits per heavy atom. The third-order valence-corrected chi connectivity index (χ3v) is 4.33. The first-order chi connectivity index (χ1) is 11.0. The summed E-state index contributed by atoms with van der Waals surface area (Å²) in [5, 5.41) is 6.73. The van der Waals surface area contributed by atoms with E-state index in [1.807, 2.05) is 4.90 Å². The molecule has 2 heterocycles. The summed E-state index contributed by atoms with van der Waals surface area (Å²) in [6.07, 6.45) is -2.23. The van der Waals surface area contributed by atoms with Crippen LogP contribution >= 0.6 is 0 Å². The first kappa shape index (κ1) is 16.4. The van der Waals surface area contributed by atoms with Crippen molar-refractivity contribution in [2.45, 2.75) is 25.1 Å². The molecule has 0 bridgehead atoms. The number of anilines is 2. The lowest BCUT2D eigenvalue weighted by atomic mass is 10.1. The van der Waals surface area contributed by atoms with Gasteiger partial charge in [-0.25, -0.2) is 0 Å². The van der Waals surface area contributed by atoms with E-state index in [1.54, 1.807) is 6.07 Å². The van der Waals surface area contributed by atoms with Gasteiger partial charge in [-0.05, 0) is 37.6 Å². The zero-order valence-corrected chi connectivity index (χ0v) is 13.0. The molecule has 2 saturated heterocycles. The van der Waals surface area contributed by atoms with Crippen LogP contribution in [0.1, 0.15) is 18.4 Å². The van der Waals surface area contributed by atoms with Gasteiger partial charge in [-0.1, -0.05) is 0 Å². The van der Waals surface area contributed by atoms with Crippen molar-refractivity contribution in [1.29, 1.82) is 0 Å². The Hall–Kier alpha value is -1.47. The highest BCUT2D eigenvalue weighted by Crippen LogP contribution is 2.36. The van der Waals surface area contributed by atoms with Crippen molar-refractivity contribution in [2.24, 2.45) is 0 Å². The lowest BCUT2D eigenvalue weighted by molar-refractivity contribution is -0.137. The molecule has 0 amide bonds. The van der Waals surface area contributed by atoms with Gasteiger partial charge in [0, 0.05) is 25.7 Å². The van der Waals surface area contributed by atoms with Crippen LogP contribution in [0.5, 0.6) is 0 Å². The van der Waals surface area contributed by atoms with Gasteiger partial charge in [-0.3, -0.25) is 0 Å². The second-order valence-electron chi connectivity index (χ2n) is 6.02. The average Bonchev–Trinajstić information content (AvgIpc) is 2.56. The summed E-state index contributed by atoms with van der Waals surface area (Å²) in [4.78, 5) is 1.97. The van der Waals surface area contributed by atoms with Crippen molar-refractivity contribution < 1.29 is 17.9 Å². The molecule has 7 heteroatoms. The molecule has 1 aromatic rings. The molecule has 4 nitrogen and oxygen atoms in total. The van der Waals surface area contributed by atoms with Crippen LogP contribution in [0.15, 0.2) is 18.2 Å². The summed E-state index contributed by atoms with van der Waals surface area (Å²) in [6, 6.07) is 4.22. The first-order valence-electron chi connectivity index (χ1n) is 8.05. The molecule has 2 aliphatic rings. The molecule has 128 valence electrons. The van der Waals surface area contributed by atoms with Gasteiger partial charge in [0.05, 0.1) is 30.2 Å². The summed E-state index contributed by atoms with van der Waals surface area (Å²) in [6.45, 7) is 4.14. The summed E-state index contributed by atoms with van der Waals surface area (Å²) < 4.78 is 44.5. The van der Waals surface area contributed by atoms with Crippen molar-refractivity contribution in [3.63, 3.8) is 0 Å². The number of hydrogen-bond donors (Lipinski definition) is 2. The molecular weight excluding hydrogens is 307 g/mol. The molecule has 0 unspecified atom stereocenters. The van der Waals surface area contributed by atoms with Crippen LogP contribution in [0.4, 0.5) is 24.5 Å². The van der Waals surface area contributed by atoms with Crippen molar-refractivity contribution in [3.05, 3.63) is 23.8 Å². The molecule has 2 aliphatic heterocycles. The fourth-order valence-electron chi connectivity index (χ4n) is 3.09. The van der Waals surface area contributed by atoms with Crippen molar-refractivity contribution in [2.75, 3.05) is 49.6 Å². The van der Waals surface area contributed by atoms with Crippen LogP contribution in [-0.4, -0.2) is 45.4 Å². The van der Waals surface area contributed by atoms with E-state index >= 15 is 0 Å². The Labute approximate surface area is 134 Å². The van der Waals surface area contributed by atoms with Gasteiger partial charge in [-0.15, -0.1) is 0 Å². The van der Waals surface area contributed by atoms with Crippen molar-refractivity contribution in [3.8, 4) is 0 Å². The molecule has 3 rings (SSSR count). The zero-order valence-electron chi connectivity index (χ0n) is 13.0. The summed E-state index contributed by atoms with van der Waals surface area (Å²) in [5.41, 5.74) is 0.786. The van der Waals surface area contributed by atoms with Crippen LogP contribution in [0.3, 0.4) is 0 Å². The Balaban J connectivity index is 1.86. The number of nitrogens with one attached hydrogen (secondary N) is 2. The number of benzene rings is 1. The number of piperidine rings is 1. The minimum Gasteiger partial charge on any atom is -0.379 e. The maximum absolute atomic E-state index is 13.1. The third-order valence-electron chi connectivity index (χ3n) is 4.33. The molecule has 0 radical (unpaired) electrons. The van der Waals surface area contributed by atoms with Crippen molar-refractivity contribution >= 4 is 11.4 Å². The molecule has 0 spiro atoms. The molecular formula is C16H22F3N3O. The number of rotatable bonds is 3. The largest absolute Gasteiger partial charge is 0.416 e. The highest BCUT2D eigenvalue weighted by atomic mass is 19.4. The fourth-order valence-corrected chi connectivity index (χ4v) is 3.09. The van der Waals surface area contributed by atoms with E-state index in [1.165, 1.54) is 6.07 Å². The minimum atomic E-state index is -4.33. The number of nitrogens with zero attached hydrogens (tertiary/aromatic N) is 1. The molecule has 0 saturated carbocycles. The monoisotopic (exact) mass is 329 g/mol. The highest BCUT2D eigenvalue weighted by molar-refractivity contribution is 5.72. The number of alkyl halides is 3. The average molecular weight is 329 g/mol. The topological polar surface area (TPSA) is 36.5 Å². The standard InChI is InChI=1S/C16H22F3N3O/c17-16(18,19)12-3-4-14(21-13-2-1-5-20-11-13)15(10-12)22-6-8-23-9-7-22/h3-4,10,13,20-21H,1-2,5-9,11H2/t13-/m1/s1. The molecule has 2 fully saturated rings. The van der Waals surface area contributed by atoms with E-state index in [9.17, 15) is 13.2 Å². The Kier molecular flexibility index (Phi) is 4.96. The summed E-state index contributed by atoms with van der Waals surface area (Å²) in [7, 11) is 0. The highest BCUT2D eigenvalue weighted by Gasteiger charge is 2.32. The maximum atomic E-state index is 13.1. The summed E-state index contributed by atoms with van der Waals surface area (Å²) >= 11 is 0. The van der Waals surface area contributed by atoms with Crippen LogP contribution < -0.4 is 15.5 Å². The fraction of sp³-hybridized carbons (Fsp3) is 0.625.